The summed E-state index contributed by atoms with van der Waals surface area (Å²) in [7, 11) is -3.86. The van der Waals surface area contributed by atoms with Gasteiger partial charge in [0, 0.05) is 13.1 Å². The van der Waals surface area contributed by atoms with E-state index in [-0.39, 0.29) is 16.7 Å². The first-order chi connectivity index (χ1) is 13.0. The Morgan fingerprint density at radius 3 is 2.59 bits per heavy atom. The fourth-order valence-corrected chi connectivity index (χ4v) is 6.16. The zero-order chi connectivity index (χ0) is 19.0. The quantitative estimate of drug-likeness (QED) is 0.749. The van der Waals surface area contributed by atoms with E-state index in [9.17, 15) is 13.2 Å². The lowest BCUT2D eigenvalue weighted by Crippen LogP contribution is -2.53. The maximum Gasteiger partial charge on any atom is 0.274 e. The minimum absolute atomic E-state index is 0.0922. The van der Waals surface area contributed by atoms with E-state index in [4.69, 9.17) is 21.1 Å². The van der Waals surface area contributed by atoms with Crippen molar-refractivity contribution in [1.29, 1.82) is 0 Å². The van der Waals surface area contributed by atoms with Gasteiger partial charge in [0.2, 0.25) is 0 Å². The highest BCUT2D eigenvalue weighted by Gasteiger charge is 2.39. The van der Waals surface area contributed by atoms with Crippen molar-refractivity contribution < 1.29 is 22.7 Å². The largest absolute Gasteiger partial charge is 0.476 e. The summed E-state index contributed by atoms with van der Waals surface area (Å²) in [4.78, 5) is 14.5. The highest BCUT2D eigenvalue weighted by molar-refractivity contribution is 7.94. The molecule has 144 valence electrons. The van der Waals surface area contributed by atoms with E-state index in [0.29, 0.717) is 42.1 Å². The summed E-state index contributed by atoms with van der Waals surface area (Å²) >= 11 is 6.91. The monoisotopic (exact) mass is 428 g/mol. The minimum atomic E-state index is -3.86. The Labute approximate surface area is 166 Å². The van der Waals surface area contributed by atoms with E-state index in [2.05, 4.69) is 0 Å². The second-order valence-electron chi connectivity index (χ2n) is 6.11. The number of hydrogen-bond donors (Lipinski definition) is 0. The van der Waals surface area contributed by atoms with Crippen molar-refractivity contribution in [2.24, 2.45) is 0 Å². The van der Waals surface area contributed by atoms with Crippen LogP contribution in [0, 0.1) is 0 Å². The van der Waals surface area contributed by atoms with E-state index in [0.717, 1.165) is 11.3 Å². The van der Waals surface area contributed by atoms with Gasteiger partial charge in [-0.1, -0.05) is 23.7 Å². The minimum Gasteiger partial charge on any atom is -0.476 e. The van der Waals surface area contributed by atoms with E-state index in [1.807, 2.05) is 0 Å². The standard InChI is InChI=1S/C17H17ClN2O5S2/c18-15-5-6-16(26-15)27(22,23)20-11-14(17(21)19-7-9-24-10-8-19)25-13-4-2-1-3-12(13)20/h1-6,14H,7-11H2/t14-/m0/s1. The highest BCUT2D eigenvalue weighted by atomic mass is 35.5. The van der Waals surface area contributed by atoms with Crippen molar-refractivity contribution in [2.45, 2.75) is 10.3 Å². The van der Waals surface area contributed by atoms with E-state index in [1.165, 1.54) is 10.4 Å². The van der Waals surface area contributed by atoms with Crippen LogP contribution in [-0.2, 0) is 19.6 Å². The second kappa shape index (κ2) is 7.31. The molecule has 2 aromatic rings. The van der Waals surface area contributed by atoms with Crippen molar-refractivity contribution in [2.75, 3.05) is 37.2 Å². The van der Waals surface area contributed by atoms with Gasteiger partial charge in [-0.05, 0) is 24.3 Å². The number of rotatable bonds is 3. The first-order valence-corrected chi connectivity index (χ1v) is 11.0. The van der Waals surface area contributed by atoms with Crippen LogP contribution in [0.2, 0.25) is 4.34 Å². The number of fused-ring (bicyclic) bond motifs is 1. The number of benzene rings is 1. The number of morpholine rings is 1. The molecule has 4 rings (SSSR count). The zero-order valence-corrected chi connectivity index (χ0v) is 16.6. The molecule has 3 heterocycles. The maximum atomic E-state index is 13.2. The fourth-order valence-electron chi connectivity index (χ4n) is 3.09. The van der Waals surface area contributed by atoms with Crippen LogP contribution in [0.5, 0.6) is 5.75 Å². The molecule has 1 aromatic heterocycles. The van der Waals surface area contributed by atoms with Crippen LogP contribution in [-0.4, -0.2) is 58.2 Å². The number of sulfonamides is 1. The van der Waals surface area contributed by atoms with Gasteiger partial charge in [-0.2, -0.15) is 0 Å². The van der Waals surface area contributed by atoms with Crippen molar-refractivity contribution in [1.82, 2.24) is 4.90 Å². The van der Waals surface area contributed by atoms with Crippen LogP contribution in [0.4, 0.5) is 5.69 Å². The number of anilines is 1. The van der Waals surface area contributed by atoms with E-state index >= 15 is 0 Å². The molecule has 1 aromatic carbocycles. The van der Waals surface area contributed by atoms with Gasteiger partial charge in [0.15, 0.2) is 6.10 Å². The van der Waals surface area contributed by atoms with Gasteiger partial charge in [0.05, 0.1) is 29.8 Å². The Hall–Kier alpha value is -1.81. The summed E-state index contributed by atoms with van der Waals surface area (Å²) < 4.78 is 39.2. The summed E-state index contributed by atoms with van der Waals surface area (Å²) in [5, 5.41) is 0. The van der Waals surface area contributed by atoms with Crippen LogP contribution in [0.3, 0.4) is 0 Å². The lowest BCUT2D eigenvalue weighted by molar-refractivity contribution is -0.142. The summed E-state index contributed by atoms with van der Waals surface area (Å²) in [6, 6.07) is 9.82. The molecular weight excluding hydrogens is 412 g/mol. The smallest absolute Gasteiger partial charge is 0.274 e. The van der Waals surface area contributed by atoms with Crippen molar-refractivity contribution in [3.05, 3.63) is 40.7 Å². The van der Waals surface area contributed by atoms with Gasteiger partial charge in [-0.25, -0.2) is 8.42 Å². The van der Waals surface area contributed by atoms with E-state index < -0.39 is 16.1 Å². The zero-order valence-electron chi connectivity index (χ0n) is 14.2. The molecule has 2 aliphatic rings. The lowest BCUT2D eigenvalue weighted by Gasteiger charge is -2.37. The molecule has 10 heteroatoms. The Balaban J connectivity index is 1.69. The molecule has 1 atom stereocenters. The molecule has 27 heavy (non-hydrogen) atoms. The molecule has 0 saturated carbocycles. The fraction of sp³-hybridized carbons (Fsp3) is 0.353. The molecule has 0 bridgehead atoms. The van der Waals surface area contributed by atoms with Crippen LogP contribution < -0.4 is 9.04 Å². The first kappa shape index (κ1) is 18.5. The van der Waals surface area contributed by atoms with Gasteiger partial charge in [0.1, 0.15) is 9.96 Å². The molecule has 1 saturated heterocycles. The predicted molar refractivity (Wildman–Crippen MR) is 102 cm³/mol. The van der Waals surface area contributed by atoms with Gasteiger partial charge in [0.25, 0.3) is 15.9 Å². The third-order valence-electron chi connectivity index (χ3n) is 4.43. The van der Waals surface area contributed by atoms with Crippen molar-refractivity contribution in [3.63, 3.8) is 0 Å². The number of ether oxygens (including phenoxy) is 2. The normalized spacial score (nSPS) is 20.1. The summed E-state index contributed by atoms with van der Waals surface area (Å²) in [5.41, 5.74) is 0.410. The topological polar surface area (TPSA) is 76.2 Å². The Bertz CT molecular complexity index is 956. The number of hydrogen-bond acceptors (Lipinski definition) is 6. The summed E-state index contributed by atoms with van der Waals surface area (Å²) in [5.74, 6) is 0.124. The lowest BCUT2D eigenvalue weighted by atomic mass is 10.2. The average Bonchev–Trinajstić information content (AvgIpc) is 3.14. The van der Waals surface area contributed by atoms with Crippen LogP contribution in [0.25, 0.3) is 0 Å². The molecule has 7 nitrogen and oxygen atoms in total. The van der Waals surface area contributed by atoms with Crippen molar-refractivity contribution >= 4 is 44.6 Å². The molecule has 1 amide bonds. The van der Waals surface area contributed by atoms with Crippen LogP contribution in [0.15, 0.2) is 40.6 Å². The Morgan fingerprint density at radius 2 is 1.89 bits per heavy atom. The molecule has 0 radical (unpaired) electrons. The molecule has 0 aliphatic carbocycles. The average molecular weight is 429 g/mol. The summed E-state index contributed by atoms with van der Waals surface area (Å²) in [6.45, 7) is 1.77. The molecular formula is C17H17ClN2O5S2. The predicted octanol–water partition coefficient (Wildman–Crippen LogP) is 2.22. The first-order valence-electron chi connectivity index (χ1n) is 8.37. The van der Waals surface area contributed by atoms with Crippen molar-refractivity contribution in [3.8, 4) is 5.75 Å². The highest BCUT2D eigenvalue weighted by Crippen LogP contribution is 2.38. The molecule has 0 spiro atoms. The molecule has 0 N–H and O–H groups in total. The maximum absolute atomic E-state index is 13.2. The third-order valence-corrected chi connectivity index (χ3v) is 7.90. The van der Waals surface area contributed by atoms with Gasteiger partial charge < -0.3 is 14.4 Å². The molecule has 2 aliphatic heterocycles. The summed E-state index contributed by atoms with van der Waals surface area (Å²) in [6.07, 6.45) is -0.914. The number of thiophene rings is 1. The second-order valence-corrected chi connectivity index (χ2v) is 9.91. The van der Waals surface area contributed by atoms with Gasteiger partial charge >= 0.3 is 0 Å². The molecule has 0 unspecified atom stereocenters. The Kier molecular flexibility index (Phi) is 5.02. The SMILES string of the molecule is O=C([C@@H]1CN(S(=O)(=O)c2ccc(Cl)s2)c2ccccc2O1)N1CCOCC1. The van der Waals surface area contributed by atoms with Gasteiger partial charge in [-0.3, -0.25) is 9.10 Å². The number of amides is 1. The number of carbonyl (C=O) groups excluding carboxylic acids is 1. The van der Waals surface area contributed by atoms with Crippen LogP contribution >= 0.6 is 22.9 Å². The number of carbonyl (C=O) groups is 1. The van der Waals surface area contributed by atoms with Gasteiger partial charge in [-0.15, -0.1) is 11.3 Å². The van der Waals surface area contributed by atoms with Crippen LogP contribution in [0.1, 0.15) is 0 Å². The molecule has 1 fully saturated rings. The van der Waals surface area contributed by atoms with E-state index in [1.54, 1.807) is 35.2 Å². The Morgan fingerprint density at radius 1 is 1.15 bits per heavy atom. The third kappa shape index (κ3) is 3.52. The number of halogens is 1. The number of nitrogens with zero attached hydrogens (tertiary/aromatic N) is 2. The number of para-hydroxylation sites is 2.